The molecule has 0 aliphatic heterocycles. The molecule has 0 saturated heterocycles. The van der Waals surface area contributed by atoms with E-state index in [4.69, 9.17) is 5.11 Å². The van der Waals surface area contributed by atoms with Gasteiger partial charge in [0.15, 0.2) is 0 Å². The molecule has 0 atom stereocenters. The van der Waals surface area contributed by atoms with E-state index in [0.29, 0.717) is 5.56 Å². The van der Waals surface area contributed by atoms with Crippen LogP contribution in [0.15, 0.2) is 24.3 Å². The van der Waals surface area contributed by atoms with E-state index in [1.54, 1.807) is 12.1 Å². The van der Waals surface area contributed by atoms with Crippen molar-refractivity contribution in [2.45, 2.75) is 18.8 Å². The Bertz CT molecular complexity index is 271. The summed E-state index contributed by atoms with van der Waals surface area (Å²) in [5, 5.41) is 8.62. The number of carboxylic acids is 1. The third kappa shape index (κ3) is 4.31. The molecule has 70 valence electrons. The van der Waals surface area contributed by atoms with Gasteiger partial charge in [-0.05, 0) is 0 Å². The summed E-state index contributed by atoms with van der Waals surface area (Å²) < 4.78 is 1.23. The second-order valence-electron chi connectivity index (χ2n) is 2.14. The maximum atomic E-state index is 10.5. The van der Waals surface area contributed by atoms with E-state index >= 15 is 0 Å². The second kappa shape index (κ2) is 6.95. The Kier molecular flexibility index (Phi) is 6.67. The van der Waals surface area contributed by atoms with E-state index < -0.39 is 27.1 Å². The number of benzene rings is 1. The molecular formula is C10H14O2Sn. The van der Waals surface area contributed by atoms with E-state index in [1.807, 2.05) is 26.0 Å². The molecule has 0 heterocycles. The zero-order valence-corrected chi connectivity index (χ0v) is 11.0. The van der Waals surface area contributed by atoms with Gasteiger partial charge < -0.3 is 0 Å². The van der Waals surface area contributed by atoms with Crippen LogP contribution in [0.5, 0.6) is 0 Å². The molecule has 0 spiro atoms. The van der Waals surface area contributed by atoms with Crippen LogP contribution >= 0.6 is 0 Å². The molecule has 0 saturated carbocycles. The van der Waals surface area contributed by atoms with Gasteiger partial charge in [-0.1, -0.05) is 13.8 Å². The van der Waals surface area contributed by atoms with Crippen LogP contribution in [-0.4, -0.2) is 32.2 Å². The first kappa shape index (κ1) is 12.5. The van der Waals surface area contributed by atoms with Gasteiger partial charge in [0.25, 0.3) is 0 Å². The van der Waals surface area contributed by atoms with Crippen LogP contribution in [0.4, 0.5) is 0 Å². The molecule has 3 heteroatoms. The maximum absolute atomic E-state index is 10.5. The van der Waals surface area contributed by atoms with Crippen molar-refractivity contribution >= 4 is 30.7 Å². The average Bonchev–Trinajstić information content (AvgIpc) is 2.21. The standard InChI is InChI=1S/C7H5O2.C2H6.CH3.Sn/c8-7(9)6-4-2-1-3-5-6;1-2;;/h1-2,4-5H,(H,8,9);1-2H3;1H3;. The zero-order chi connectivity index (χ0) is 10.3. The van der Waals surface area contributed by atoms with E-state index in [-0.39, 0.29) is 0 Å². The molecular weight excluding hydrogens is 271 g/mol. The normalized spacial score (nSPS) is 8.54. The summed E-state index contributed by atoms with van der Waals surface area (Å²) in [7, 11) is 0. The summed E-state index contributed by atoms with van der Waals surface area (Å²) in [6.45, 7) is 4.00. The van der Waals surface area contributed by atoms with Gasteiger partial charge in [0.05, 0.1) is 0 Å². The Morgan fingerprint density at radius 2 is 2.00 bits per heavy atom. The fraction of sp³-hybridized carbons (Fsp3) is 0.300. The van der Waals surface area contributed by atoms with Crippen LogP contribution in [0.25, 0.3) is 0 Å². The molecule has 13 heavy (non-hydrogen) atoms. The number of aromatic carboxylic acids is 1. The van der Waals surface area contributed by atoms with Crippen LogP contribution in [0.3, 0.4) is 0 Å². The van der Waals surface area contributed by atoms with Crippen molar-refractivity contribution in [3.05, 3.63) is 29.8 Å². The first-order valence-electron chi connectivity index (χ1n) is 4.25. The number of rotatable bonds is 2. The van der Waals surface area contributed by atoms with Crippen molar-refractivity contribution in [1.29, 1.82) is 0 Å². The van der Waals surface area contributed by atoms with Crippen molar-refractivity contribution in [1.82, 2.24) is 0 Å². The number of hydrogen-bond acceptors (Lipinski definition) is 1. The van der Waals surface area contributed by atoms with Crippen LogP contribution in [-0.2, 0) is 0 Å². The monoisotopic (exact) mass is 286 g/mol. The molecule has 0 fully saturated rings. The first-order valence-corrected chi connectivity index (χ1v) is 8.53. The number of carbonyl (C=O) groups is 1. The van der Waals surface area contributed by atoms with Crippen LogP contribution in [0.1, 0.15) is 24.2 Å². The van der Waals surface area contributed by atoms with E-state index in [9.17, 15) is 4.79 Å². The molecule has 1 N–H and O–H groups in total. The molecule has 0 aliphatic carbocycles. The van der Waals surface area contributed by atoms with Crippen LogP contribution < -0.4 is 3.58 Å². The Morgan fingerprint density at radius 1 is 1.38 bits per heavy atom. The minimum absolute atomic E-state index is 0.408. The molecule has 0 aliphatic rings. The minimum atomic E-state index is -0.834. The van der Waals surface area contributed by atoms with E-state index in [1.165, 1.54) is 3.58 Å². The SMILES string of the molecule is CC.[CH3][Sn][c]1cccc(C(=O)O)c1. The quantitative estimate of drug-likeness (QED) is 0.841. The van der Waals surface area contributed by atoms with Gasteiger partial charge in [0, 0.05) is 0 Å². The van der Waals surface area contributed by atoms with Gasteiger partial charge in [0.2, 0.25) is 0 Å². The van der Waals surface area contributed by atoms with Crippen molar-refractivity contribution in [2.75, 3.05) is 0 Å². The first-order chi connectivity index (χ1) is 6.24. The van der Waals surface area contributed by atoms with Gasteiger partial charge in [-0.3, -0.25) is 0 Å². The molecule has 0 unspecified atom stereocenters. The summed E-state index contributed by atoms with van der Waals surface area (Å²) >= 11 is -0.472. The van der Waals surface area contributed by atoms with Gasteiger partial charge in [-0.25, -0.2) is 0 Å². The van der Waals surface area contributed by atoms with Crippen molar-refractivity contribution in [3.8, 4) is 0 Å². The summed E-state index contributed by atoms with van der Waals surface area (Å²) in [6.07, 6.45) is 0. The Morgan fingerprint density at radius 3 is 2.46 bits per heavy atom. The Hall–Kier alpha value is -0.511. The van der Waals surface area contributed by atoms with Gasteiger partial charge in [-0.15, -0.1) is 0 Å². The molecule has 2 radical (unpaired) electrons. The van der Waals surface area contributed by atoms with Crippen LogP contribution in [0.2, 0.25) is 4.94 Å². The Labute approximate surface area is 89.2 Å². The number of carboxylic acid groups (broad SMARTS) is 1. The van der Waals surface area contributed by atoms with Crippen molar-refractivity contribution < 1.29 is 9.90 Å². The summed E-state index contributed by atoms with van der Waals surface area (Å²) in [5.74, 6) is -0.834. The van der Waals surface area contributed by atoms with Gasteiger partial charge in [-0.2, -0.15) is 0 Å². The van der Waals surface area contributed by atoms with Crippen molar-refractivity contribution in [2.24, 2.45) is 0 Å². The molecule has 0 bridgehead atoms. The molecule has 0 amide bonds. The fourth-order valence-electron chi connectivity index (χ4n) is 0.808. The molecule has 2 nitrogen and oxygen atoms in total. The van der Waals surface area contributed by atoms with Gasteiger partial charge >= 0.3 is 75.4 Å². The summed E-state index contributed by atoms with van der Waals surface area (Å²) in [6, 6.07) is 7.21. The molecule has 1 aromatic rings. The summed E-state index contributed by atoms with van der Waals surface area (Å²) in [5.41, 5.74) is 0.408. The number of hydrogen-bond donors (Lipinski definition) is 1. The van der Waals surface area contributed by atoms with Gasteiger partial charge in [0.1, 0.15) is 0 Å². The van der Waals surface area contributed by atoms with Crippen LogP contribution in [0, 0.1) is 0 Å². The molecule has 1 aromatic carbocycles. The summed E-state index contributed by atoms with van der Waals surface area (Å²) in [4.78, 5) is 12.7. The zero-order valence-electron chi connectivity index (χ0n) is 8.16. The predicted molar refractivity (Wildman–Crippen MR) is 56.0 cm³/mol. The van der Waals surface area contributed by atoms with E-state index in [0.717, 1.165) is 0 Å². The average molecular weight is 285 g/mol. The van der Waals surface area contributed by atoms with Crippen molar-refractivity contribution in [3.63, 3.8) is 0 Å². The second-order valence-corrected chi connectivity index (χ2v) is 5.21. The van der Waals surface area contributed by atoms with E-state index in [2.05, 4.69) is 4.94 Å². The molecule has 0 aromatic heterocycles. The Balaban J connectivity index is 0.000000671. The third-order valence-corrected chi connectivity index (χ3v) is 3.93. The topological polar surface area (TPSA) is 37.3 Å². The molecule has 1 rings (SSSR count). The third-order valence-electron chi connectivity index (χ3n) is 1.40. The fourth-order valence-corrected chi connectivity index (χ4v) is 2.41. The predicted octanol–water partition coefficient (Wildman–Crippen LogP) is 1.79.